The smallest absolute Gasteiger partial charge is 0.138 e. The summed E-state index contributed by atoms with van der Waals surface area (Å²) in [5, 5.41) is 9.67. The van der Waals surface area contributed by atoms with Crippen LogP contribution in [-0.4, -0.2) is 24.3 Å². The van der Waals surface area contributed by atoms with E-state index in [0.717, 1.165) is 31.5 Å². The zero-order chi connectivity index (χ0) is 16.2. The van der Waals surface area contributed by atoms with Gasteiger partial charge in [0.05, 0.1) is 11.6 Å². The maximum Gasteiger partial charge on any atom is 0.138 e. The first-order valence-corrected chi connectivity index (χ1v) is 8.20. The van der Waals surface area contributed by atoms with Gasteiger partial charge in [0.25, 0.3) is 0 Å². The van der Waals surface area contributed by atoms with Crippen molar-refractivity contribution < 1.29 is 9.84 Å². The average Bonchev–Trinajstić information content (AvgIpc) is 2.58. The Bertz CT molecular complexity index is 653. The largest absolute Gasteiger partial charge is 0.489 e. The van der Waals surface area contributed by atoms with Crippen LogP contribution in [0.1, 0.15) is 18.4 Å². The van der Waals surface area contributed by atoms with Crippen molar-refractivity contribution in [2.24, 2.45) is 0 Å². The number of ether oxygens (including phenoxy) is 1. The van der Waals surface area contributed by atoms with Gasteiger partial charge < -0.3 is 20.5 Å². The topological polar surface area (TPSA) is 58.7 Å². The molecule has 2 aromatic rings. The van der Waals surface area contributed by atoms with Crippen molar-refractivity contribution in [3.05, 3.63) is 53.1 Å². The molecule has 4 nitrogen and oxygen atoms in total. The van der Waals surface area contributed by atoms with Crippen molar-refractivity contribution in [2.75, 3.05) is 23.7 Å². The van der Waals surface area contributed by atoms with Crippen LogP contribution in [0.15, 0.2) is 42.5 Å². The van der Waals surface area contributed by atoms with Crippen molar-refractivity contribution in [3.63, 3.8) is 0 Å². The van der Waals surface area contributed by atoms with Crippen LogP contribution in [0.3, 0.4) is 0 Å². The number of anilines is 2. The number of hydrogen-bond acceptors (Lipinski definition) is 4. The lowest BCUT2D eigenvalue weighted by Crippen LogP contribution is -2.38. The van der Waals surface area contributed by atoms with Crippen LogP contribution >= 0.6 is 11.6 Å². The quantitative estimate of drug-likeness (QED) is 0.842. The van der Waals surface area contributed by atoms with Crippen molar-refractivity contribution in [3.8, 4) is 5.75 Å². The first-order chi connectivity index (χ1) is 11.2. The van der Waals surface area contributed by atoms with E-state index in [2.05, 4.69) is 17.0 Å². The molecule has 3 N–H and O–H groups in total. The Kier molecular flexibility index (Phi) is 4.94. The second-order valence-electron chi connectivity index (χ2n) is 5.82. The molecule has 0 amide bonds. The van der Waals surface area contributed by atoms with E-state index in [1.165, 1.54) is 5.69 Å². The zero-order valence-electron chi connectivity index (χ0n) is 12.9. The summed E-state index contributed by atoms with van der Waals surface area (Å²) >= 11 is 6.17. The Morgan fingerprint density at radius 3 is 2.43 bits per heavy atom. The second kappa shape index (κ2) is 7.11. The van der Waals surface area contributed by atoms with E-state index < -0.39 is 0 Å². The predicted octanol–water partition coefficient (Wildman–Crippen LogP) is 3.46. The highest BCUT2D eigenvalue weighted by molar-refractivity contribution is 6.32. The van der Waals surface area contributed by atoms with Crippen molar-refractivity contribution in [1.82, 2.24) is 0 Å². The Hall–Kier alpha value is -1.91. The first-order valence-electron chi connectivity index (χ1n) is 7.82. The number of aliphatic hydroxyl groups excluding tert-OH is 1. The fraction of sp³-hybridized carbons (Fsp3) is 0.333. The molecular formula is C18H21ClN2O2. The van der Waals surface area contributed by atoms with Crippen molar-refractivity contribution in [1.29, 1.82) is 0 Å². The summed E-state index contributed by atoms with van der Waals surface area (Å²) in [6.07, 6.45) is 2.06. The first kappa shape index (κ1) is 16.0. The van der Waals surface area contributed by atoms with Gasteiger partial charge in [-0.15, -0.1) is 0 Å². The molecule has 3 rings (SSSR count). The summed E-state index contributed by atoms with van der Waals surface area (Å²) in [6.45, 7) is 1.96. The zero-order valence-corrected chi connectivity index (χ0v) is 13.7. The number of nitrogens with two attached hydrogens (primary N) is 1. The summed E-state index contributed by atoms with van der Waals surface area (Å²) in [7, 11) is 0. The lowest BCUT2D eigenvalue weighted by molar-refractivity contribution is 0.171. The monoisotopic (exact) mass is 332 g/mol. The number of nitrogen functional groups attached to an aromatic ring is 1. The molecule has 1 saturated heterocycles. The highest BCUT2D eigenvalue weighted by atomic mass is 35.5. The standard InChI is InChI=1S/C18H21ClN2O2/c19-17-11-14(20)3-6-18(17)23-16-7-9-21(10-8-16)15-4-1-13(12-22)2-5-15/h1-6,11,16,22H,7-10,12,20H2. The van der Waals surface area contributed by atoms with Gasteiger partial charge in [0, 0.05) is 37.3 Å². The van der Waals surface area contributed by atoms with Gasteiger partial charge in [0.2, 0.25) is 0 Å². The van der Waals surface area contributed by atoms with Crippen LogP contribution in [0.4, 0.5) is 11.4 Å². The Balaban J connectivity index is 1.57. The SMILES string of the molecule is Nc1ccc(OC2CCN(c3ccc(CO)cc3)CC2)c(Cl)c1. The van der Waals surface area contributed by atoms with E-state index in [1.54, 1.807) is 12.1 Å². The molecule has 0 spiro atoms. The number of aliphatic hydroxyl groups is 1. The highest BCUT2D eigenvalue weighted by Crippen LogP contribution is 2.30. The third-order valence-corrected chi connectivity index (χ3v) is 4.47. The van der Waals surface area contributed by atoms with Gasteiger partial charge >= 0.3 is 0 Å². The molecule has 0 saturated carbocycles. The Labute approximate surface area is 141 Å². The van der Waals surface area contributed by atoms with Crippen LogP contribution in [0, 0.1) is 0 Å². The van der Waals surface area contributed by atoms with Crippen molar-refractivity contribution >= 4 is 23.0 Å². The van der Waals surface area contributed by atoms with E-state index in [-0.39, 0.29) is 12.7 Å². The van der Waals surface area contributed by atoms with E-state index in [0.29, 0.717) is 16.5 Å². The number of nitrogens with zero attached hydrogens (tertiary/aromatic N) is 1. The third kappa shape index (κ3) is 3.89. The lowest BCUT2D eigenvalue weighted by Gasteiger charge is -2.34. The molecular weight excluding hydrogens is 312 g/mol. The molecule has 2 aromatic carbocycles. The molecule has 0 aliphatic carbocycles. The minimum absolute atomic E-state index is 0.0819. The molecule has 23 heavy (non-hydrogen) atoms. The van der Waals surface area contributed by atoms with E-state index in [4.69, 9.17) is 27.2 Å². The van der Waals surface area contributed by atoms with Crippen LogP contribution < -0.4 is 15.4 Å². The van der Waals surface area contributed by atoms with Crippen LogP contribution in [0.5, 0.6) is 5.75 Å². The van der Waals surface area contributed by atoms with Gasteiger partial charge in [-0.1, -0.05) is 23.7 Å². The van der Waals surface area contributed by atoms with Gasteiger partial charge in [-0.05, 0) is 35.9 Å². The van der Waals surface area contributed by atoms with Crippen LogP contribution in [0.2, 0.25) is 5.02 Å². The van der Waals surface area contributed by atoms with Crippen LogP contribution in [-0.2, 0) is 6.61 Å². The van der Waals surface area contributed by atoms with Gasteiger partial charge in [-0.25, -0.2) is 0 Å². The molecule has 1 heterocycles. The maximum absolute atomic E-state index is 9.10. The van der Waals surface area contributed by atoms with E-state index in [9.17, 15) is 0 Å². The number of halogens is 1. The minimum atomic E-state index is 0.0819. The molecule has 1 fully saturated rings. The summed E-state index contributed by atoms with van der Waals surface area (Å²) < 4.78 is 6.01. The molecule has 0 unspecified atom stereocenters. The second-order valence-corrected chi connectivity index (χ2v) is 6.23. The normalized spacial score (nSPS) is 15.7. The Morgan fingerprint density at radius 1 is 1.13 bits per heavy atom. The lowest BCUT2D eigenvalue weighted by atomic mass is 10.1. The molecule has 0 aromatic heterocycles. The van der Waals surface area contributed by atoms with Crippen LogP contribution in [0.25, 0.3) is 0 Å². The third-order valence-electron chi connectivity index (χ3n) is 4.18. The molecule has 1 aliphatic heterocycles. The van der Waals surface area contributed by atoms with E-state index >= 15 is 0 Å². The van der Waals surface area contributed by atoms with E-state index in [1.807, 2.05) is 18.2 Å². The van der Waals surface area contributed by atoms with Gasteiger partial charge in [-0.3, -0.25) is 0 Å². The summed E-state index contributed by atoms with van der Waals surface area (Å²) in [4.78, 5) is 2.34. The minimum Gasteiger partial charge on any atom is -0.489 e. The number of benzene rings is 2. The molecule has 122 valence electrons. The Morgan fingerprint density at radius 2 is 1.83 bits per heavy atom. The van der Waals surface area contributed by atoms with Gasteiger partial charge in [-0.2, -0.15) is 0 Å². The number of piperidine rings is 1. The molecule has 0 atom stereocenters. The van der Waals surface area contributed by atoms with Gasteiger partial charge in [0.15, 0.2) is 0 Å². The molecule has 0 bridgehead atoms. The fourth-order valence-corrected chi connectivity index (χ4v) is 3.07. The fourth-order valence-electron chi connectivity index (χ4n) is 2.84. The number of hydrogen-bond donors (Lipinski definition) is 2. The average molecular weight is 333 g/mol. The summed E-state index contributed by atoms with van der Waals surface area (Å²) in [6, 6.07) is 13.4. The maximum atomic E-state index is 9.10. The summed E-state index contributed by atoms with van der Waals surface area (Å²) in [5.41, 5.74) is 8.47. The molecule has 1 aliphatic rings. The predicted molar refractivity (Wildman–Crippen MR) is 94.1 cm³/mol. The van der Waals surface area contributed by atoms with Gasteiger partial charge in [0.1, 0.15) is 11.9 Å². The molecule has 5 heteroatoms. The number of rotatable bonds is 4. The molecule has 0 radical (unpaired) electrons. The summed E-state index contributed by atoms with van der Waals surface area (Å²) in [5.74, 6) is 0.701. The highest BCUT2D eigenvalue weighted by Gasteiger charge is 2.21. The van der Waals surface area contributed by atoms with Crippen molar-refractivity contribution in [2.45, 2.75) is 25.6 Å².